The molecule has 12 nitrogen and oxygen atoms in total. The summed E-state index contributed by atoms with van der Waals surface area (Å²) in [5.74, 6) is -0.822. The van der Waals surface area contributed by atoms with Gasteiger partial charge in [-0.1, -0.05) is 0 Å². The molecule has 0 saturated heterocycles. The van der Waals surface area contributed by atoms with Gasteiger partial charge in [0, 0.05) is 0 Å². The van der Waals surface area contributed by atoms with Crippen molar-refractivity contribution in [1.29, 1.82) is 0 Å². The van der Waals surface area contributed by atoms with E-state index in [0.29, 0.717) is 92.5 Å². The van der Waals surface area contributed by atoms with E-state index < -0.39 is 11.9 Å². The van der Waals surface area contributed by atoms with Crippen molar-refractivity contribution in [1.82, 2.24) is 0 Å². The van der Waals surface area contributed by atoms with E-state index in [9.17, 15) is 9.59 Å². The average Bonchev–Trinajstić information content (AvgIpc) is 2.81. The van der Waals surface area contributed by atoms with Crippen LogP contribution in [0.15, 0.2) is 0 Å². The molecule has 0 heterocycles. The van der Waals surface area contributed by atoms with E-state index in [1.807, 2.05) is 0 Å². The van der Waals surface area contributed by atoms with E-state index in [0.717, 1.165) is 0 Å². The molecule has 0 aromatic heterocycles. The molecule has 0 N–H and O–H groups in total. The van der Waals surface area contributed by atoms with Gasteiger partial charge in [-0.05, 0) is 0 Å². The lowest BCUT2D eigenvalue weighted by molar-refractivity contribution is -0.147. The van der Waals surface area contributed by atoms with Crippen molar-refractivity contribution in [2.75, 3.05) is 120 Å². The molecule has 0 fully saturated rings. The van der Waals surface area contributed by atoms with Crippen LogP contribution in [0.25, 0.3) is 0 Å². The van der Waals surface area contributed by atoms with Gasteiger partial charge in [0.1, 0.15) is 13.2 Å². The highest BCUT2D eigenvalue weighted by atomic mass is 16.6. The molecule has 0 bridgehead atoms. The molecule has 0 aliphatic rings. The Bertz CT molecular complexity index is 383. The van der Waals surface area contributed by atoms with Crippen LogP contribution in [0, 0.1) is 0 Å². The van der Waals surface area contributed by atoms with E-state index in [4.69, 9.17) is 37.9 Å². The molecule has 0 aromatic carbocycles. The molecule has 0 aliphatic heterocycles. The zero-order valence-corrected chi connectivity index (χ0v) is 19.2. The van der Waals surface area contributed by atoms with Crippen molar-refractivity contribution in [3.05, 3.63) is 0 Å². The van der Waals surface area contributed by atoms with Gasteiger partial charge in [0.05, 0.1) is 107 Å². The van der Waals surface area contributed by atoms with E-state index >= 15 is 0 Å². The second-order valence-corrected chi connectivity index (χ2v) is 5.93. The molecule has 12 heteroatoms. The quantitative estimate of drug-likeness (QED) is 0.126. The average molecular weight is 471 g/mol. The molecule has 0 saturated carbocycles. The molecule has 0 unspecified atom stereocenters. The fraction of sp³-hybridized carbons (Fsp3) is 0.900. The van der Waals surface area contributed by atoms with Crippen LogP contribution < -0.4 is 0 Å². The molecule has 0 amide bonds. The summed E-state index contributed by atoms with van der Waals surface area (Å²) in [4.78, 5) is 21.6. The second-order valence-electron chi connectivity index (χ2n) is 5.93. The third-order valence-corrected chi connectivity index (χ3v) is 3.50. The minimum absolute atomic E-state index is 0.0720. The lowest BCUT2D eigenvalue weighted by Crippen LogP contribution is -2.16. The number of esters is 2. The molecule has 190 valence electrons. The second kappa shape index (κ2) is 25.9. The molecule has 0 rings (SSSR count). The Morgan fingerprint density at radius 1 is 0.375 bits per heavy atom. The Hall–Kier alpha value is -1.38. The van der Waals surface area contributed by atoms with Crippen LogP contribution in [-0.4, -0.2) is 132 Å². The van der Waals surface area contributed by atoms with E-state index in [-0.39, 0.29) is 13.2 Å². The van der Waals surface area contributed by atoms with E-state index in [1.165, 1.54) is 14.2 Å². The highest BCUT2D eigenvalue weighted by Crippen LogP contribution is 1.86. The van der Waals surface area contributed by atoms with Crippen LogP contribution in [0.2, 0.25) is 0 Å². The standard InChI is InChI=1S/C20H38O12/c1-23-19(21)17-31-15-13-29-11-9-27-7-5-25-3-4-26-6-8-28-10-12-30-14-16-32-18-20(22)24-2/h3-18H2,1-2H3. The number of ether oxygens (including phenoxy) is 10. The first-order valence-corrected chi connectivity index (χ1v) is 10.5. The van der Waals surface area contributed by atoms with Gasteiger partial charge in [0.15, 0.2) is 0 Å². The molecule has 0 atom stereocenters. The van der Waals surface area contributed by atoms with Gasteiger partial charge in [-0.2, -0.15) is 0 Å². The van der Waals surface area contributed by atoms with Crippen LogP contribution in [0.4, 0.5) is 0 Å². The first-order valence-electron chi connectivity index (χ1n) is 10.5. The third kappa shape index (κ3) is 24.9. The van der Waals surface area contributed by atoms with Crippen LogP contribution in [-0.2, 0) is 57.0 Å². The normalized spacial score (nSPS) is 10.9. The van der Waals surface area contributed by atoms with E-state index in [1.54, 1.807) is 0 Å². The van der Waals surface area contributed by atoms with Gasteiger partial charge in [-0.25, -0.2) is 9.59 Å². The van der Waals surface area contributed by atoms with Crippen molar-refractivity contribution in [2.45, 2.75) is 0 Å². The SMILES string of the molecule is COC(=O)COCCOCCOCCOCCOCCOCCOCCOCC(=O)OC. The smallest absolute Gasteiger partial charge is 0.331 e. The maximum atomic E-state index is 10.8. The van der Waals surface area contributed by atoms with Crippen LogP contribution in [0.3, 0.4) is 0 Å². The maximum Gasteiger partial charge on any atom is 0.331 e. The Morgan fingerprint density at radius 3 is 0.750 bits per heavy atom. The van der Waals surface area contributed by atoms with Crippen LogP contribution in [0.5, 0.6) is 0 Å². The van der Waals surface area contributed by atoms with Gasteiger partial charge in [-0.3, -0.25) is 0 Å². The number of hydrogen-bond acceptors (Lipinski definition) is 12. The molecule has 0 aromatic rings. The largest absolute Gasteiger partial charge is 0.467 e. The van der Waals surface area contributed by atoms with Crippen molar-refractivity contribution >= 4 is 11.9 Å². The minimum atomic E-state index is -0.411. The summed E-state index contributed by atoms with van der Waals surface area (Å²) < 4.78 is 51.0. The zero-order chi connectivity index (χ0) is 23.5. The molecular formula is C20H38O12. The molecule has 32 heavy (non-hydrogen) atoms. The van der Waals surface area contributed by atoms with Crippen LogP contribution >= 0.6 is 0 Å². The fourth-order valence-electron chi connectivity index (χ4n) is 1.87. The van der Waals surface area contributed by atoms with Gasteiger partial charge in [-0.15, -0.1) is 0 Å². The lowest BCUT2D eigenvalue weighted by Gasteiger charge is -2.08. The van der Waals surface area contributed by atoms with E-state index in [2.05, 4.69) is 9.47 Å². The Labute approximate surface area is 189 Å². The Kier molecular flexibility index (Phi) is 24.8. The number of carbonyl (C=O) groups is 2. The van der Waals surface area contributed by atoms with Crippen molar-refractivity contribution in [2.24, 2.45) is 0 Å². The van der Waals surface area contributed by atoms with Crippen molar-refractivity contribution in [3.63, 3.8) is 0 Å². The molecule has 0 radical (unpaired) electrons. The van der Waals surface area contributed by atoms with Gasteiger partial charge in [0.2, 0.25) is 0 Å². The number of rotatable bonds is 25. The monoisotopic (exact) mass is 470 g/mol. The summed E-state index contributed by atoms with van der Waals surface area (Å²) in [6.07, 6.45) is 0. The first kappa shape index (κ1) is 30.6. The Balaban J connectivity index is 3.05. The summed E-state index contributed by atoms with van der Waals surface area (Å²) in [6.45, 7) is 5.93. The number of carbonyl (C=O) groups excluding carboxylic acids is 2. The number of methoxy groups -OCH3 is 2. The molecule has 0 spiro atoms. The van der Waals surface area contributed by atoms with Gasteiger partial charge in [0.25, 0.3) is 0 Å². The minimum Gasteiger partial charge on any atom is -0.467 e. The maximum absolute atomic E-state index is 10.8. The predicted octanol–water partition coefficient (Wildman–Crippen LogP) is -0.535. The summed E-state index contributed by atoms with van der Waals surface area (Å²) in [6, 6.07) is 0. The Morgan fingerprint density at radius 2 is 0.562 bits per heavy atom. The fourth-order valence-corrected chi connectivity index (χ4v) is 1.87. The van der Waals surface area contributed by atoms with Crippen LogP contribution in [0.1, 0.15) is 0 Å². The molecule has 0 aliphatic carbocycles. The summed E-state index contributed by atoms with van der Waals surface area (Å²) in [5, 5.41) is 0. The summed E-state index contributed by atoms with van der Waals surface area (Å²) in [7, 11) is 2.62. The highest BCUT2D eigenvalue weighted by molar-refractivity contribution is 5.70. The van der Waals surface area contributed by atoms with Gasteiger partial charge >= 0.3 is 11.9 Å². The summed E-state index contributed by atoms with van der Waals surface area (Å²) >= 11 is 0. The molecular weight excluding hydrogens is 432 g/mol. The van der Waals surface area contributed by atoms with Gasteiger partial charge < -0.3 is 47.4 Å². The third-order valence-electron chi connectivity index (χ3n) is 3.50. The first-order chi connectivity index (χ1) is 15.7. The zero-order valence-electron chi connectivity index (χ0n) is 19.2. The number of hydrogen-bond donors (Lipinski definition) is 0. The summed E-state index contributed by atoms with van der Waals surface area (Å²) in [5.41, 5.74) is 0. The lowest BCUT2D eigenvalue weighted by atomic mass is 10.6. The van der Waals surface area contributed by atoms with Crippen molar-refractivity contribution in [3.8, 4) is 0 Å². The van der Waals surface area contributed by atoms with Crippen molar-refractivity contribution < 1.29 is 57.0 Å². The predicted molar refractivity (Wildman–Crippen MR) is 111 cm³/mol. The topological polar surface area (TPSA) is 126 Å². The highest BCUT2D eigenvalue weighted by Gasteiger charge is 2.00.